The highest BCUT2D eigenvalue weighted by molar-refractivity contribution is 7.12. The van der Waals surface area contributed by atoms with E-state index in [1.165, 1.54) is 11.3 Å². The first kappa shape index (κ1) is 8.70. The van der Waals surface area contributed by atoms with Gasteiger partial charge in [-0.15, -0.1) is 11.3 Å². The van der Waals surface area contributed by atoms with Crippen LogP contribution in [0, 0.1) is 0 Å². The molecule has 0 aromatic carbocycles. The number of aromatic nitrogens is 2. The number of hydrogen-bond donors (Lipinski definition) is 2. The summed E-state index contributed by atoms with van der Waals surface area (Å²) in [5.41, 5.74) is 5.67. The number of H-pyrrole nitrogens is 1. The van der Waals surface area contributed by atoms with Gasteiger partial charge in [0.2, 0.25) is 0 Å². The van der Waals surface area contributed by atoms with Gasteiger partial charge in [-0.3, -0.25) is 14.3 Å². The molecule has 2 rings (SSSR count). The quantitative estimate of drug-likeness (QED) is 0.740. The van der Waals surface area contributed by atoms with Crippen molar-refractivity contribution in [2.24, 2.45) is 5.73 Å². The third-order valence-electron chi connectivity index (χ3n) is 1.56. The molecule has 2 aromatic rings. The van der Waals surface area contributed by atoms with Crippen LogP contribution < -0.4 is 11.5 Å². The van der Waals surface area contributed by atoms with Crippen molar-refractivity contribution in [1.29, 1.82) is 0 Å². The first-order chi connectivity index (χ1) is 6.66. The number of primary amides is 1. The molecular formula is C7H5N3O3S. The van der Waals surface area contributed by atoms with Crippen molar-refractivity contribution >= 4 is 17.2 Å². The topological polar surface area (TPSA) is 102 Å². The molecule has 1 amide bonds. The summed E-state index contributed by atoms with van der Waals surface area (Å²) in [7, 11) is 0. The van der Waals surface area contributed by atoms with Gasteiger partial charge in [-0.05, 0) is 6.07 Å². The number of carbonyl (C=O) groups excluding carboxylic acids is 1. The normalized spacial score (nSPS) is 10.3. The van der Waals surface area contributed by atoms with Gasteiger partial charge in [-0.2, -0.15) is 0 Å². The van der Waals surface area contributed by atoms with Gasteiger partial charge >= 0.3 is 5.76 Å². The maximum Gasteiger partial charge on any atom is 0.439 e. The molecule has 0 unspecified atom stereocenters. The van der Waals surface area contributed by atoms with Crippen LogP contribution in [-0.2, 0) is 0 Å². The first-order valence-corrected chi connectivity index (χ1v) is 4.49. The summed E-state index contributed by atoms with van der Waals surface area (Å²) < 4.78 is 4.32. The Labute approximate surface area is 81.3 Å². The Hall–Kier alpha value is -1.89. The summed E-state index contributed by atoms with van der Waals surface area (Å²) in [6.07, 6.45) is 0. The van der Waals surface area contributed by atoms with Crippen molar-refractivity contribution in [1.82, 2.24) is 10.1 Å². The molecule has 0 saturated carbocycles. The Morgan fingerprint density at radius 2 is 2.43 bits per heavy atom. The molecule has 7 heteroatoms. The van der Waals surface area contributed by atoms with Gasteiger partial charge in [0.1, 0.15) is 0 Å². The molecule has 0 radical (unpaired) electrons. The predicted molar refractivity (Wildman–Crippen MR) is 49.0 cm³/mol. The van der Waals surface area contributed by atoms with Crippen LogP contribution >= 0.6 is 11.3 Å². The van der Waals surface area contributed by atoms with Gasteiger partial charge in [0.15, 0.2) is 5.82 Å². The van der Waals surface area contributed by atoms with Gasteiger partial charge < -0.3 is 5.73 Å². The lowest BCUT2D eigenvalue weighted by atomic mass is 10.3. The number of amides is 1. The summed E-state index contributed by atoms with van der Waals surface area (Å²) >= 11 is 1.18. The van der Waals surface area contributed by atoms with Crippen molar-refractivity contribution in [2.75, 3.05) is 0 Å². The molecule has 2 heterocycles. The van der Waals surface area contributed by atoms with Crippen LogP contribution in [0.4, 0.5) is 0 Å². The molecule has 0 atom stereocenters. The molecule has 0 saturated heterocycles. The monoisotopic (exact) mass is 211 g/mol. The van der Waals surface area contributed by atoms with Gasteiger partial charge in [0, 0.05) is 10.9 Å². The van der Waals surface area contributed by atoms with Crippen LogP contribution in [0.25, 0.3) is 11.4 Å². The SMILES string of the molecule is NC(=O)c1cc(-c2noc(=O)[nH]2)cs1. The van der Waals surface area contributed by atoms with Crippen LogP contribution in [0.1, 0.15) is 9.67 Å². The molecule has 6 nitrogen and oxygen atoms in total. The fourth-order valence-electron chi connectivity index (χ4n) is 0.944. The second-order valence-corrected chi connectivity index (χ2v) is 3.42. The molecule has 0 spiro atoms. The second-order valence-electron chi connectivity index (χ2n) is 2.51. The van der Waals surface area contributed by atoms with E-state index in [1.807, 2.05) is 0 Å². The van der Waals surface area contributed by atoms with E-state index in [1.54, 1.807) is 11.4 Å². The third kappa shape index (κ3) is 1.44. The lowest BCUT2D eigenvalue weighted by Gasteiger charge is -1.84. The number of thiophene rings is 1. The predicted octanol–water partition coefficient (Wildman–Crippen LogP) is 0.190. The van der Waals surface area contributed by atoms with Gasteiger partial charge in [0.05, 0.1) is 4.88 Å². The number of nitrogens with two attached hydrogens (primary N) is 1. The smallest absolute Gasteiger partial charge is 0.365 e. The Morgan fingerprint density at radius 3 is 2.93 bits per heavy atom. The lowest BCUT2D eigenvalue weighted by molar-refractivity contribution is 0.100. The van der Waals surface area contributed by atoms with E-state index in [0.717, 1.165) is 0 Å². The molecule has 0 aliphatic rings. The highest BCUT2D eigenvalue weighted by Crippen LogP contribution is 2.21. The van der Waals surface area contributed by atoms with E-state index >= 15 is 0 Å². The van der Waals surface area contributed by atoms with E-state index in [9.17, 15) is 9.59 Å². The number of nitrogens with zero attached hydrogens (tertiary/aromatic N) is 1. The molecule has 0 aliphatic carbocycles. The Kier molecular flexibility index (Phi) is 1.93. The van der Waals surface area contributed by atoms with E-state index in [0.29, 0.717) is 16.3 Å². The van der Waals surface area contributed by atoms with Gasteiger partial charge in [-0.1, -0.05) is 5.16 Å². The van der Waals surface area contributed by atoms with Gasteiger partial charge in [-0.25, -0.2) is 4.79 Å². The zero-order valence-electron chi connectivity index (χ0n) is 6.81. The minimum Gasteiger partial charge on any atom is -0.365 e. The zero-order valence-corrected chi connectivity index (χ0v) is 7.63. The summed E-state index contributed by atoms with van der Waals surface area (Å²) in [5, 5.41) is 5.13. The van der Waals surface area contributed by atoms with E-state index < -0.39 is 11.7 Å². The van der Waals surface area contributed by atoms with Crippen LogP contribution in [0.3, 0.4) is 0 Å². The largest absolute Gasteiger partial charge is 0.439 e. The average Bonchev–Trinajstić information content (AvgIpc) is 2.70. The number of aromatic amines is 1. The summed E-state index contributed by atoms with van der Waals surface area (Å²) in [5.74, 6) is -0.849. The standard InChI is InChI=1S/C7H5N3O3S/c8-5(11)4-1-3(2-14-4)6-9-7(12)13-10-6/h1-2H,(H2,8,11)(H,9,10,12). The minimum atomic E-state index is -0.633. The van der Waals surface area contributed by atoms with E-state index in [4.69, 9.17) is 5.73 Å². The van der Waals surface area contributed by atoms with Crippen LogP contribution in [0.2, 0.25) is 0 Å². The zero-order chi connectivity index (χ0) is 10.1. The summed E-state index contributed by atoms with van der Waals surface area (Å²) in [4.78, 5) is 24.2. The summed E-state index contributed by atoms with van der Waals surface area (Å²) in [6, 6.07) is 1.54. The Bertz CT molecular complexity index is 524. The lowest BCUT2D eigenvalue weighted by Crippen LogP contribution is -2.08. The second kappa shape index (κ2) is 3.11. The van der Waals surface area contributed by atoms with Crippen molar-refractivity contribution in [2.45, 2.75) is 0 Å². The van der Waals surface area contributed by atoms with Crippen molar-refractivity contribution in [3.63, 3.8) is 0 Å². The van der Waals surface area contributed by atoms with E-state index in [-0.39, 0.29) is 0 Å². The number of carbonyl (C=O) groups is 1. The molecule has 3 N–H and O–H groups in total. The maximum atomic E-state index is 10.8. The number of rotatable bonds is 2. The highest BCUT2D eigenvalue weighted by Gasteiger charge is 2.09. The van der Waals surface area contributed by atoms with Crippen molar-refractivity contribution in [3.8, 4) is 11.4 Å². The van der Waals surface area contributed by atoms with Crippen molar-refractivity contribution < 1.29 is 9.32 Å². The molecule has 0 fully saturated rings. The van der Waals surface area contributed by atoms with Crippen LogP contribution in [0.15, 0.2) is 20.8 Å². The first-order valence-electron chi connectivity index (χ1n) is 3.61. The fraction of sp³-hybridized carbons (Fsp3) is 0. The van der Waals surface area contributed by atoms with Crippen molar-refractivity contribution in [3.05, 3.63) is 26.9 Å². The van der Waals surface area contributed by atoms with Crippen LogP contribution in [0.5, 0.6) is 0 Å². The fourth-order valence-corrected chi connectivity index (χ4v) is 1.69. The number of hydrogen-bond acceptors (Lipinski definition) is 5. The number of nitrogens with one attached hydrogen (secondary N) is 1. The average molecular weight is 211 g/mol. The molecule has 0 bridgehead atoms. The Morgan fingerprint density at radius 1 is 1.64 bits per heavy atom. The van der Waals surface area contributed by atoms with E-state index in [2.05, 4.69) is 14.7 Å². The molecule has 72 valence electrons. The maximum absolute atomic E-state index is 10.8. The molecule has 14 heavy (non-hydrogen) atoms. The highest BCUT2D eigenvalue weighted by atomic mass is 32.1. The van der Waals surface area contributed by atoms with Gasteiger partial charge in [0.25, 0.3) is 5.91 Å². The molecular weight excluding hydrogens is 206 g/mol. The molecule has 0 aliphatic heterocycles. The summed E-state index contributed by atoms with van der Waals surface area (Å²) in [6.45, 7) is 0. The minimum absolute atomic E-state index is 0.291. The Balaban J connectivity index is 2.43. The third-order valence-corrected chi connectivity index (χ3v) is 2.50. The molecule has 2 aromatic heterocycles. The van der Waals surface area contributed by atoms with Crippen LogP contribution in [-0.4, -0.2) is 16.0 Å².